The van der Waals surface area contributed by atoms with Crippen LogP contribution < -0.4 is 0 Å². The lowest BCUT2D eigenvalue weighted by atomic mass is 10.0. The van der Waals surface area contributed by atoms with Crippen molar-refractivity contribution in [3.05, 3.63) is 83.3 Å². The second kappa shape index (κ2) is 6.13. The van der Waals surface area contributed by atoms with E-state index in [1.54, 1.807) is 24.5 Å². The molecule has 0 radical (unpaired) electrons. The molecule has 0 saturated heterocycles. The Labute approximate surface area is 147 Å². The van der Waals surface area contributed by atoms with E-state index in [9.17, 15) is 4.39 Å². The molecular formula is C20H12BrFN2. The average molecular weight is 379 g/mol. The van der Waals surface area contributed by atoms with Crippen LogP contribution >= 0.6 is 15.9 Å². The van der Waals surface area contributed by atoms with Gasteiger partial charge in [-0.15, -0.1) is 0 Å². The zero-order chi connectivity index (χ0) is 16.5. The monoisotopic (exact) mass is 378 g/mol. The molecule has 2 aromatic heterocycles. The molecule has 4 aromatic rings. The first-order chi connectivity index (χ1) is 11.7. The Hall–Kier alpha value is -2.59. The van der Waals surface area contributed by atoms with Crippen molar-refractivity contribution in [3.63, 3.8) is 0 Å². The molecule has 0 spiro atoms. The summed E-state index contributed by atoms with van der Waals surface area (Å²) in [6.07, 6.45) is 3.54. The number of benzene rings is 2. The molecule has 0 fully saturated rings. The molecule has 0 aliphatic heterocycles. The van der Waals surface area contributed by atoms with E-state index >= 15 is 0 Å². The van der Waals surface area contributed by atoms with Crippen molar-refractivity contribution in [2.45, 2.75) is 0 Å². The second-order valence-corrected chi connectivity index (χ2v) is 6.32. The SMILES string of the molecule is Fc1ccc(-c2ccc(-c3cc(Br)c4cnccc4n3)cc2)cc1. The van der Waals surface area contributed by atoms with E-state index in [1.807, 2.05) is 36.4 Å². The first-order valence-corrected chi connectivity index (χ1v) is 8.27. The third-order valence-corrected chi connectivity index (χ3v) is 4.57. The van der Waals surface area contributed by atoms with E-state index in [2.05, 4.69) is 20.9 Å². The lowest BCUT2D eigenvalue weighted by Crippen LogP contribution is -1.88. The van der Waals surface area contributed by atoms with Gasteiger partial charge in [0.1, 0.15) is 5.82 Å². The van der Waals surface area contributed by atoms with Crippen LogP contribution in [0, 0.1) is 5.82 Å². The quantitative estimate of drug-likeness (QED) is 0.436. The van der Waals surface area contributed by atoms with Crippen LogP contribution in [-0.4, -0.2) is 9.97 Å². The van der Waals surface area contributed by atoms with E-state index in [1.165, 1.54) is 12.1 Å². The lowest BCUT2D eigenvalue weighted by Gasteiger charge is -2.07. The highest BCUT2D eigenvalue weighted by atomic mass is 79.9. The number of hydrogen-bond donors (Lipinski definition) is 0. The summed E-state index contributed by atoms with van der Waals surface area (Å²) < 4.78 is 14.0. The first kappa shape index (κ1) is 15.0. The van der Waals surface area contributed by atoms with Crippen molar-refractivity contribution < 1.29 is 4.39 Å². The van der Waals surface area contributed by atoms with Gasteiger partial charge in [-0.25, -0.2) is 9.37 Å². The van der Waals surface area contributed by atoms with Gasteiger partial charge in [-0.1, -0.05) is 36.4 Å². The third kappa shape index (κ3) is 2.81. The van der Waals surface area contributed by atoms with E-state index in [-0.39, 0.29) is 5.82 Å². The van der Waals surface area contributed by atoms with Crippen LogP contribution in [0.15, 0.2) is 77.5 Å². The van der Waals surface area contributed by atoms with Crippen LogP contribution in [0.2, 0.25) is 0 Å². The number of nitrogens with zero attached hydrogens (tertiary/aromatic N) is 2. The molecule has 24 heavy (non-hydrogen) atoms. The molecule has 0 aliphatic rings. The fourth-order valence-corrected chi connectivity index (χ4v) is 3.17. The maximum Gasteiger partial charge on any atom is 0.123 e. The van der Waals surface area contributed by atoms with Crippen LogP contribution in [0.4, 0.5) is 4.39 Å². The molecule has 4 heteroatoms. The van der Waals surface area contributed by atoms with E-state index < -0.39 is 0 Å². The van der Waals surface area contributed by atoms with E-state index in [0.29, 0.717) is 0 Å². The Kier molecular flexibility index (Phi) is 3.82. The van der Waals surface area contributed by atoms with Gasteiger partial charge in [0.05, 0.1) is 11.2 Å². The molecule has 0 atom stereocenters. The summed E-state index contributed by atoms with van der Waals surface area (Å²) in [7, 11) is 0. The second-order valence-electron chi connectivity index (χ2n) is 5.47. The van der Waals surface area contributed by atoms with Gasteiger partial charge >= 0.3 is 0 Å². The molecule has 2 nitrogen and oxygen atoms in total. The molecule has 2 aromatic carbocycles. The van der Waals surface area contributed by atoms with E-state index in [4.69, 9.17) is 4.98 Å². The van der Waals surface area contributed by atoms with Crippen molar-refractivity contribution in [2.24, 2.45) is 0 Å². The molecular weight excluding hydrogens is 367 g/mol. The van der Waals surface area contributed by atoms with Gasteiger partial charge in [0.15, 0.2) is 0 Å². The van der Waals surface area contributed by atoms with Crippen molar-refractivity contribution in [3.8, 4) is 22.4 Å². The Bertz CT molecular complexity index is 1010. The fraction of sp³-hybridized carbons (Fsp3) is 0. The van der Waals surface area contributed by atoms with Crippen molar-refractivity contribution in [1.82, 2.24) is 9.97 Å². The summed E-state index contributed by atoms with van der Waals surface area (Å²) in [5, 5.41) is 0.990. The minimum Gasteiger partial charge on any atom is -0.264 e. The van der Waals surface area contributed by atoms with E-state index in [0.717, 1.165) is 37.8 Å². The Balaban J connectivity index is 1.74. The maximum atomic E-state index is 13.0. The summed E-state index contributed by atoms with van der Waals surface area (Å²) in [4.78, 5) is 8.83. The number of pyridine rings is 2. The number of hydrogen-bond acceptors (Lipinski definition) is 2. The molecule has 2 heterocycles. The van der Waals surface area contributed by atoms with Crippen molar-refractivity contribution in [2.75, 3.05) is 0 Å². The molecule has 4 rings (SSSR count). The van der Waals surface area contributed by atoms with Gasteiger partial charge in [-0.2, -0.15) is 0 Å². The summed E-state index contributed by atoms with van der Waals surface area (Å²) in [5.41, 5.74) is 4.85. The van der Waals surface area contributed by atoms with Gasteiger partial charge in [-0.3, -0.25) is 4.98 Å². The van der Waals surface area contributed by atoms with Crippen LogP contribution in [0.25, 0.3) is 33.3 Å². The predicted molar refractivity (Wildman–Crippen MR) is 98.1 cm³/mol. The number of halogens is 2. The number of fused-ring (bicyclic) bond motifs is 1. The van der Waals surface area contributed by atoms with Crippen molar-refractivity contribution in [1.29, 1.82) is 0 Å². The normalized spacial score (nSPS) is 10.9. The average Bonchev–Trinajstić information content (AvgIpc) is 2.62. The molecule has 0 amide bonds. The zero-order valence-electron chi connectivity index (χ0n) is 12.6. The van der Waals surface area contributed by atoms with Gasteiger partial charge < -0.3 is 0 Å². The molecule has 0 bridgehead atoms. The predicted octanol–water partition coefficient (Wildman–Crippen LogP) is 5.87. The topological polar surface area (TPSA) is 25.8 Å². The van der Waals surface area contributed by atoms with Crippen LogP contribution in [0.5, 0.6) is 0 Å². The van der Waals surface area contributed by atoms with Gasteiger partial charge in [0.2, 0.25) is 0 Å². The van der Waals surface area contributed by atoms with Crippen LogP contribution in [0.3, 0.4) is 0 Å². The molecule has 0 aliphatic carbocycles. The Morgan fingerprint density at radius 2 is 1.42 bits per heavy atom. The molecule has 0 saturated carbocycles. The summed E-state index contributed by atoms with van der Waals surface area (Å²) in [6.45, 7) is 0. The maximum absolute atomic E-state index is 13.0. The summed E-state index contributed by atoms with van der Waals surface area (Å²) in [5.74, 6) is -0.227. The van der Waals surface area contributed by atoms with Gasteiger partial charge in [-0.05, 0) is 51.3 Å². The number of rotatable bonds is 2. The molecule has 116 valence electrons. The lowest BCUT2D eigenvalue weighted by molar-refractivity contribution is 0.628. The Morgan fingerprint density at radius 1 is 0.792 bits per heavy atom. The zero-order valence-corrected chi connectivity index (χ0v) is 14.2. The minimum absolute atomic E-state index is 0.227. The van der Waals surface area contributed by atoms with Gasteiger partial charge in [0, 0.05) is 27.8 Å². The largest absolute Gasteiger partial charge is 0.264 e. The molecule has 0 N–H and O–H groups in total. The summed E-state index contributed by atoms with van der Waals surface area (Å²) in [6, 6.07) is 18.5. The summed E-state index contributed by atoms with van der Waals surface area (Å²) >= 11 is 3.59. The van der Waals surface area contributed by atoms with Crippen LogP contribution in [-0.2, 0) is 0 Å². The number of aromatic nitrogens is 2. The highest BCUT2D eigenvalue weighted by Crippen LogP contribution is 2.29. The first-order valence-electron chi connectivity index (χ1n) is 7.47. The minimum atomic E-state index is -0.227. The fourth-order valence-electron chi connectivity index (χ4n) is 2.65. The van der Waals surface area contributed by atoms with Crippen molar-refractivity contribution >= 4 is 26.8 Å². The van der Waals surface area contributed by atoms with Gasteiger partial charge in [0.25, 0.3) is 0 Å². The molecule has 0 unspecified atom stereocenters. The Morgan fingerprint density at radius 3 is 2.12 bits per heavy atom. The standard InChI is InChI=1S/C20H12BrFN2/c21-18-11-20(24-19-9-10-23-12-17(18)19)15-3-1-13(2-4-15)14-5-7-16(22)8-6-14/h1-12H. The highest BCUT2D eigenvalue weighted by molar-refractivity contribution is 9.10. The highest BCUT2D eigenvalue weighted by Gasteiger charge is 2.06. The van der Waals surface area contributed by atoms with Crippen LogP contribution in [0.1, 0.15) is 0 Å². The third-order valence-electron chi connectivity index (χ3n) is 3.92. The smallest absolute Gasteiger partial charge is 0.123 e.